The smallest absolute Gasteiger partial charge is 0.251 e. The Morgan fingerprint density at radius 1 is 1.32 bits per heavy atom. The number of benzene rings is 1. The predicted molar refractivity (Wildman–Crippen MR) is 86.4 cm³/mol. The molecule has 0 bridgehead atoms. The first-order chi connectivity index (χ1) is 10.5. The molecule has 0 heterocycles. The number of nitrogens with one attached hydrogen (secondary N) is 1. The normalized spacial score (nSPS) is 20.7. The van der Waals surface area contributed by atoms with Crippen LogP contribution in [-0.2, 0) is 4.79 Å². The van der Waals surface area contributed by atoms with Gasteiger partial charge in [-0.25, -0.2) is 4.39 Å². The number of amides is 2. The van der Waals surface area contributed by atoms with E-state index in [-0.39, 0.29) is 24.4 Å². The summed E-state index contributed by atoms with van der Waals surface area (Å²) in [5, 5.41) is 3.07. The number of halogens is 1. The van der Waals surface area contributed by atoms with E-state index >= 15 is 0 Å². The van der Waals surface area contributed by atoms with E-state index in [1.54, 1.807) is 23.7 Å². The summed E-state index contributed by atoms with van der Waals surface area (Å²) >= 11 is 1.79. The molecule has 0 spiro atoms. The first kappa shape index (κ1) is 16.8. The fraction of sp³-hybridized carbons (Fsp3) is 0.500. The third-order valence-corrected chi connectivity index (χ3v) is 5.27. The van der Waals surface area contributed by atoms with Crippen LogP contribution in [0.15, 0.2) is 24.3 Å². The first-order valence-electron chi connectivity index (χ1n) is 7.35. The molecular weight excluding hydrogens is 303 g/mol. The van der Waals surface area contributed by atoms with Gasteiger partial charge in [-0.05, 0) is 43.4 Å². The van der Waals surface area contributed by atoms with E-state index in [9.17, 15) is 14.0 Å². The third-order valence-electron chi connectivity index (χ3n) is 4.12. The quantitative estimate of drug-likeness (QED) is 0.904. The van der Waals surface area contributed by atoms with Gasteiger partial charge in [0.25, 0.3) is 5.91 Å². The maximum Gasteiger partial charge on any atom is 0.251 e. The zero-order valence-electron chi connectivity index (χ0n) is 12.8. The van der Waals surface area contributed by atoms with Crippen LogP contribution in [0.5, 0.6) is 0 Å². The topological polar surface area (TPSA) is 49.4 Å². The molecule has 1 aromatic carbocycles. The lowest BCUT2D eigenvalue weighted by Crippen LogP contribution is -2.45. The number of hydrogen-bond acceptors (Lipinski definition) is 3. The van der Waals surface area contributed by atoms with Crippen LogP contribution in [0.3, 0.4) is 0 Å². The second kappa shape index (κ2) is 7.63. The summed E-state index contributed by atoms with van der Waals surface area (Å²) in [6.07, 6.45) is 5.35. The maximum atomic E-state index is 12.8. The monoisotopic (exact) mass is 324 g/mol. The van der Waals surface area contributed by atoms with Gasteiger partial charge in [0.15, 0.2) is 0 Å². The average Bonchev–Trinajstić information content (AvgIpc) is 3.00. The lowest BCUT2D eigenvalue weighted by atomic mass is 10.2. The van der Waals surface area contributed by atoms with Gasteiger partial charge < -0.3 is 10.2 Å². The molecule has 1 aliphatic carbocycles. The van der Waals surface area contributed by atoms with Crippen molar-refractivity contribution in [1.82, 2.24) is 10.2 Å². The van der Waals surface area contributed by atoms with Crippen molar-refractivity contribution in [2.24, 2.45) is 0 Å². The van der Waals surface area contributed by atoms with Gasteiger partial charge in [0, 0.05) is 23.9 Å². The van der Waals surface area contributed by atoms with Crippen molar-refractivity contribution in [3.63, 3.8) is 0 Å². The number of carbonyl (C=O) groups is 2. The number of nitrogens with zero attached hydrogens (tertiary/aromatic N) is 1. The summed E-state index contributed by atoms with van der Waals surface area (Å²) < 4.78 is 12.8. The van der Waals surface area contributed by atoms with Crippen molar-refractivity contribution in [3.05, 3.63) is 35.6 Å². The Morgan fingerprint density at radius 3 is 2.64 bits per heavy atom. The van der Waals surface area contributed by atoms with Gasteiger partial charge in [0.2, 0.25) is 5.91 Å². The molecule has 2 atom stereocenters. The van der Waals surface area contributed by atoms with Crippen LogP contribution in [0.25, 0.3) is 0 Å². The molecule has 0 unspecified atom stereocenters. The van der Waals surface area contributed by atoms with Gasteiger partial charge >= 0.3 is 0 Å². The van der Waals surface area contributed by atoms with Crippen LogP contribution < -0.4 is 5.32 Å². The molecule has 1 aliphatic rings. The highest BCUT2D eigenvalue weighted by atomic mass is 32.2. The standard InChI is InChI=1S/C16H21FN2O2S/c1-19(13-4-3-5-14(13)22-2)15(20)10-18-16(21)11-6-8-12(17)9-7-11/h6-9,13-14H,3-5,10H2,1-2H3,(H,18,21)/t13-,14-/m1/s1. The molecule has 1 saturated carbocycles. The maximum absolute atomic E-state index is 12.8. The number of hydrogen-bond donors (Lipinski definition) is 1. The van der Waals surface area contributed by atoms with Crippen molar-refractivity contribution < 1.29 is 14.0 Å². The molecule has 1 aromatic rings. The van der Waals surface area contributed by atoms with Crippen LogP contribution in [0, 0.1) is 5.82 Å². The zero-order chi connectivity index (χ0) is 16.1. The second-order valence-corrected chi connectivity index (χ2v) is 6.54. The fourth-order valence-corrected chi connectivity index (χ4v) is 3.83. The molecule has 2 rings (SSSR count). The molecule has 4 nitrogen and oxygen atoms in total. The van der Waals surface area contributed by atoms with Crippen LogP contribution >= 0.6 is 11.8 Å². The van der Waals surface area contributed by atoms with Gasteiger partial charge in [-0.3, -0.25) is 9.59 Å². The summed E-state index contributed by atoms with van der Waals surface area (Å²) in [5.74, 6) is -0.854. The minimum Gasteiger partial charge on any atom is -0.343 e. The zero-order valence-corrected chi connectivity index (χ0v) is 13.7. The highest BCUT2D eigenvalue weighted by Crippen LogP contribution is 2.31. The Kier molecular flexibility index (Phi) is 5.83. The van der Waals surface area contributed by atoms with Crippen molar-refractivity contribution in [2.75, 3.05) is 19.8 Å². The lowest BCUT2D eigenvalue weighted by molar-refractivity contribution is -0.130. The van der Waals surface area contributed by atoms with Crippen molar-refractivity contribution >= 4 is 23.6 Å². The van der Waals surface area contributed by atoms with E-state index in [1.165, 1.54) is 24.3 Å². The van der Waals surface area contributed by atoms with E-state index in [4.69, 9.17) is 0 Å². The summed E-state index contributed by atoms with van der Waals surface area (Å²) in [6.45, 7) is -0.0374. The van der Waals surface area contributed by atoms with E-state index in [0.29, 0.717) is 10.8 Å². The van der Waals surface area contributed by atoms with E-state index in [1.807, 2.05) is 0 Å². The molecule has 0 radical (unpaired) electrons. The van der Waals surface area contributed by atoms with Crippen molar-refractivity contribution in [3.8, 4) is 0 Å². The SMILES string of the molecule is CS[C@@H]1CCC[C@H]1N(C)C(=O)CNC(=O)c1ccc(F)cc1. The predicted octanol–water partition coefficient (Wildman–Crippen LogP) is 2.30. The van der Waals surface area contributed by atoms with Gasteiger partial charge in [-0.2, -0.15) is 11.8 Å². The summed E-state index contributed by atoms with van der Waals surface area (Å²) in [4.78, 5) is 25.9. The molecule has 22 heavy (non-hydrogen) atoms. The molecular formula is C16H21FN2O2S. The van der Waals surface area contributed by atoms with Gasteiger partial charge in [0.05, 0.1) is 6.54 Å². The Bertz CT molecular complexity index is 535. The Morgan fingerprint density at radius 2 is 2.00 bits per heavy atom. The minimum absolute atomic E-state index is 0.0374. The highest BCUT2D eigenvalue weighted by Gasteiger charge is 2.31. The summed E-state index contributed by atoms with van der Waals surface area (Å²) in [5.41, 5.74) is 0.347. The molecule has 0 aromatic heterocycles. The Labute approximate surface area is 134 Å². The minimum atomic E-state index is -0.392. The molecule has 2 amide bonds. The van der Waals surface area contributed by atoms with Crippen LogP contribution in [0.2, 0.25) is 0 Å². The van der Waals surface area contributed by atoms with Crippen LogP contribution in [0.4, 0.5) is 4.39 Å². The molecule has 0 saturated heterocycles. The summed E-state index contributed by atoms with van der Waals surface area (Å²) in [7, 11) is 1.80. The van der Waals surface area contributed by atoms with Crippen LogP contribution in [-0.4, -0.2) is 47.9 Å². The number of carbonyl (C=O) groups excluding carboxylic acids is 2. The van der Waals surface area contributed by atoms with E-state index in [2.05, 4.69) is 11.6 Å². The molecule has 0 aliphatic heterocycles. The number of rotatable bonds is 5. The Balaban J connectivity index is 1.86. The third kappa shape index (κ3) is 4.00. The van der Waals surface area contributed by atoms with Crippen LogP contribution in [0.1, 0.15) is 29.6 Å². The van der Waals surface area contributed by atoms with Gasteiger partial charge in [0.1, 0.15) is 5.82 Å². The number of likely N-dealkylation sites (N-methyl/N-ethyl adjacent to an activating group) is 1. The largest absolute Gasteiger partial charge is 0.343 e. The average molecular weight is 324 g/mol. The summed E-state index contributed by atoms with van der Waals surface area (Å²) in [6, 6.07) is 5.50. The molecule has 120 valence electrons. The second-order valence-electron chi connectivity index (χ2n) is 5.47. The highest BCUT2D eigenvalue weighted by molar-refractivity contribution is 7.99. The van der Waals surface area contributed by atoms with Gasteiger partial charge in [-0.15, -0.1) is 0 Å². The van der Waals surface area contributed by atoms with Gasteiger partial charge in [-0.1, -0.05) is 6.42 Å². The van der Waals surface area contributed by atoms with Crippen molar-refractivity contribution in [1.29, 1.82) is 0 Å². The fourth-order valence-electron chi connectivity index (χ4n) is 2.79. The molecule has 1 fully saturated rings. The number of thioether (sulfide) groups is 1. The molecule has 6 heteroatoms. The lowest BCUT2D eigenvalue weighted by Gasteiger charge is -2.29. The first-order valence-corrected chi connectivity index (χ1v) is 8.64. The van der Waals surface area contributed by atoms with Crippen molar-refractivity contribution in [2.45, 2.75) is 30.6 Å². The molecule has 1 N–H and O–H groups in total. The Hall–Kier alpha value is -1.56. The van der Waals surface area contributed by atoms with E-state index in [0.717, 1.165) is 19.3 Å². The van der Waals surface area contributed by atoms with E-state index < -0.39 is 5.82 Å².